The largest absolute Gasteiger partial charge is 0.342 e. The minimum absolute atomic E-state index is 0.00733. The van der Waals surface area contributed by atoms with Crippen LogP contribution in [-0.2, 0) is 10.2 Å². The lowest BCUT2D eigenvalue weighted by Gasteiger charge is -2.44. The molecule has 1 aromatic carbocycles. The quantitative estimate of drug-likeness (QED) is 0.846. The summed E-state index contributed by atoms with van der Waals surface area (Å²) in [5, 5.41) is 3.48. The van der Waals surface area contributed by atoms with Gasteiger partial charge in [-0.2, -0.15) is 0 Å². The van der Waals surface area contributed by atoms with Crippen molar-refractivity contribution in [3.8, 4) is 0 Å². The van der Waals surface area contributed by atoms with Gasteiger partial charge in [-0.15, -0.1) is 11.3 Å². The molecular formula is C20H22N2OS. The van der Waals surface area contributed by atoms with Gasteiger partial charge in [-0.1, -0.05) is 51.1 Å². The van der Waals surface area contributed by atoms with Crippen molar-refractivity contribution in [2.75, 3.05) is 5.32 Å². The van der Waals surface area contributed by atoms with Gasteiger partial charge in [0.25, 0.3) is 0 Å². The molecule has 0 fully saturated rings. The van der Waals surface area contributed by atoms with Crippen molar-refractivity contribution in [3.63, 3.8) is 0 Å². The SMILES string of the molecule is CC[C@@]1(c2ccccc2)C2=C(CC(C)(C)CC2=O)Nc2ncsc21. The van der Waals surface area contributed by atoms with Gasteiger partial charge in [-0.25, -0.2) is 4.98 Å². The lowest BCUT2D eigenvalue weighted by molar-refractivity contribution is -0.118. The molecule has 0 saturated heterocycles. The van der Waals surface area contributed by atoms with Crippen LogP contribution in [0.5, 0.6) is 0 Å². The lowest BCUT2D eigenvalue weighted by Crippen LogP contribution is -2.42. The van der Waals surface area contributed by atoms with E-state index in [0.29, 0.717) is 6.42 Å². The Labute approximate surface area is 146 Å². The van der Waals surface area contributed by atoms with Gasteiger partial charge in [0.1, 0.15) is 5.82 Å². The van der Waals surface area contributed by atoms with E-state index < -0.39 is 0 Å². The third-order valence-corrected chi connectivity index (χ3v) is 6.31. The number of hydrogen-bond acceptors (Lipinski definition) is 4. The van der Waals surface area contributed by atoms with Crippen LogP contribution in [0.3, 0.4) is 0 Å². The van der Waals surface area contributed by atoms with E-state index in [2.05, 4.69) is 55.3 Å². The molecule has 4 rings (SSSR count). The summed E-state index contributed by atoms with van der Waals surface area (Å²) < 4.78 is 0. The summed E-state index contributed by atoms with van der Waals surface area (Å²) in [6.07, 6.45) is 2.36. The molecule has 1 aliphatic heterocycles. The topological polar surface area (TPSA) is 42.0 Å². The molecule has 4 heteroatoms. The monoisotopic (exact) mass is 338 g/mol. The number of carbonyl (C=O) groups is 1. The van der Waals surface area contributed by atoms with E-state index in [0.717, 1.165) is 29.9 Å². The van der Waals surface area contributed by atoms with Gasteiger partial charge in [0, 0.05) is 17.7 Å². The molecule has 0 saturated carbocycles. The highest BCUT2D eigenvalue weighted by Gasteiger charge is 2.50. The summed E-state index contributed by atoms with van der Waals surface area (Å²) in [4.78, 5) is 18.9. The second-order valence-corrected chi connectivity index (χ2v) is 8.43. The van der Waals surface area contributed by atoms with Crippen LogP contribution in [0.1, 0.15) is 50.5 Å². The van der Waals surface area contributed by atoms with Crippen LogP contribution >= 0.6 is 11.3 Å². The number of allylic oxidation sites excluding steroid dienone is 2. The van der Waals surface area contributed by atoms with Crippen molar-refractivity contribution < 1.29 is 4.79 Å². The number of nitrogens with one attached hydrogen (secondary N) is 1. The van der Waals surface area contributed by atoms with Gasteiger partial charge in [0.15, 0.2) is 5.78 Å². The normalized spacial score (nSPS) is 25.0. The third kappa shape index (κ3) is 2.09. The van der Waals surface area contributed by atoms with Gasteiger partial charge in [0.05, 0.1) is 15.8 Å². The maximum atomic E-state index is 13.2. The smallest absolute Gasteiger partial charge is 0.162 e. The molecule has 3 nitrogen and oxygen atoms in total. The second kappa shape index (κ2) is 5.28. The number of nitrogens with zero attached hydrogens (tertiary/aromatic N) is 1. The Morgan fingerprint density at radius 2 is 1.96 bits per heavy atom. The fourth-order valence-electron chi connectivity index (χ4n) is 4.36. The number of benzene rings is 1. The molecule has 2 aliphatic rings. The maximum absolute atomic E-state index is 13.2. The molecule has 0 unspecified atom stereocenters. The zero-order valence-corrected chi connectivity index (χ0v) is 15.2. The summed E-state index contributed by atoms with van der Waals surface area (Å²) in [5.41, 5.74) is 4.74. The number of thiazole rings is 1. The Kier molecular flexibility index (Phi) is 3.43. The van der Waals surface area contributed by atoms with Crippen LogP contribution in [0.4, 0.5) is 5.82 Å². The van der Waals surface area contributed by atoms with E-state index in [-0.39, 0.29) is 16.6 Å². The van der Waals surface area contributed by atoms with Gasteiger partial charge in [-0.05, 0) is 23.8 Å². The van der Waals surface area contributed by atoms with Crippen molar-refractivity contribution in [2.45, 2.75) is 45.4 Å². The minimum Gasteiger partial charge on any atom is -0.342 e. The number of hydrogen-bond donors (Lipinski definition) is 1. The Morgan fingerprint density at radius 3 is 2.67 bits per heavy atom. The van der Waals surface area contributed by atoms with Gasteiger partial charge in [0.2, 0.25) is 0 Å². The van der Waals surface area contributed by atoms with E-state index in [9.17, 15) is 4.79 Å². The van der Waals surface area contributed by atoms with Crippen LogP contribution in [0.15, 0.2) is 47.1 Å². The average molecular weight is 338 g/mol. The number of carbonyl (C=O) groups excluding carboxylic acids is 1. The number of fused-ring (bicyclic) bond motifs is 1. The first-order valence-electron chi connectivity index (χ1n) is 8.51. The van der Waals surface area contributed by atoms with E-state index in [1.165, 1.54) is 10.4 Å². The van der Waals surface area contributed by atoms with E-state index in [4.69, 9.17) is 0 Å². The highest BCUT2D eigenvalue weighted by Crippen LogP contribution is 2.55. The molecule has 0 radical (unpaired) electrons. The predicted octanol–water partition coefficient (Wildman–Crippen LogP) is 4.91. The molecule has 0 bridgehead atoms. The minimum atomic E-state index is -0.369. The predicted molar refractivity (Wildman–Crippen MR) is 98.3 cm³/mol. The highest BCUT2D eigenvalue weighted by atomic mass is 32.1. The number of ketones is 1. The third-order valence-electron chi connectivity index (χ3n) is 5.32. The zero-order chi connectivity index (χ0) is 16.9. The number of aromatic nitrogens is 1. The Hall–Kier alpha value is -1.94. The summed E-state index contributed by atoms with van der Waals surface area (Å²) >= 11 is 1.65. The Morgan fingerprint density at radius 1 is 1.21 bits per heavy atom. The molecule has 1 aliphatic carbocycles. The number of Topliss-reactive ketones (excluding diaryl/α,β-unsaturated/α-hetero) is 1. The summed E-state index contributed by atoms with van der Waals surface area (Å²) in [5.74, 6) is 1.20. The molecule has 1 N–H and O–H groups in total. The van der Waals surface area contributed by atoms with Crippen LogP contribution in [0, 0.1) is 5.41 Å². The van der Waals surface area contributed by atoms with E-state index >= 15 is 0 Å². The van der Waals surface area contributed by atoms with E-state index in [1.54, 1.807) is 11.3 Å². The first-order chi connectivity index (χ1) is 11.5. The summed E-state index contributed by atoms with van der Waals surface area (Å²) in [6.45, 7) is 6.52. The number of rotatable bonds is 2. The van der Waals surface area contributed by atoms with Crippen molar-refractivity contribution in [2.24, 2.45) is 5.41 Å². The molecule has 124 valence electrons. The van der Waals surface area contributed by atoms with Crippen LogP contribution < -0.4 is 5.32 Å². The standard InChI is InChI=1S/C20H22N2OS/c1-4-20(13-8-6-5-7-9-13)16-14(10-19(2,3)11-15(16)23)22-18-17(20)24-12-21-18/h5-9,12,22H,4,10-11H2,1-3H3/t20-/m1/s1. The van der Waals surface area contributed by atoms with Crippen molar-refractivity contribution in [1.82, 2.24) is 4.98 Å². The molecule has 2 heterocycles. The maximum Gasteiger partial charge on any atom is 0.162 e. The van der Waals surface area contributed by atoms with Gasteiger partial charge < -0.3 is 5.32 Å². The molecule has 1 atom stereocenters. The number of anilines is 1. The fraction of sp³-hybridized carbons (Fsp3) is 0.400. The van der Waals surface area contributed by atoms with Crippen molar-refractivity contribution >= 4 is 22.9 Å². The Balaban J connectivity index is 2.03. The molecule has 1 aromatic heterocycles. The van der Waals surface area contributed by atoms with Crippen LogP contribution in [-0.4, -0.2) is 10.8 Å². The fourth-order valence-corrected chi connectivity index (χ4v) is 5.40. The van der Waals surface area contributed by atoms with Gasteiger partial charge >= 0.3 is 0 Å². The van der Waals surface area contributed by atoms with Gasteiger partial charge in [-0.3, -0.25) is 4.79 Å². The van der Waals surface area contributed by atoms with E-state index in [1.807, 2.05) is 11.6 Å². The lowest BCUT2D eigenvalue weighted by atomic mass is 9.62. The molecule has 0 amide bonds. The van der Waals surface area contributed by atoms with Crippen molar-refractivity contribution in [1.29, 1.82) is 0 Å². The summed E-state index contributed by atoms with van der Waals surface area (Å²) in [6, 6.07) is 10.5. The highest BCUT2D eigenvalue weighted by molar-refractivity contribution is 7.10. The van der Waals surface area contributed by atoms with Crippen LogP contribution in [0.25, 0.3) is 0 Å². The first kappa shape index (κ1) is 15.6. The Bertz CT molecular complexity index is 834. The van der Waals surface area contributed by atoms with Crippen molar-refractivity contribution in [3.05, 3.63) is 57.6 Å². The summed E-state index contributed by atoms with van der Waals surface area (Å²) in [7, 11) is 0. The molecule has 0 spiro atoms. The molecule has 24 heavy (non-hydrogen) atoms. The van der Waals surface area contributed by atoms with Crippen LogP contribution in [0.2, 0.25) is 0 Å². The first-order valence-corrected chi connectivity index (χ1v) is 9.39. The zero-order valence-electron chi connectivity index (χ0n) is 14.3. The second-order valence-electron chi connectivity index (χ2n) is 7.57. The molecular weight excluding hydrogens is 316 g/mol. The molecule has 2 aromatic rings. The average Bonchev–Trinajstić information content (AvgIpc) is 3.01.